The van der Waals surface area contributed by atoms with Crippen molar-refractivity contribution in [1.29, 1.82) is 0 Å². The molecule has 35 heavy (non-hydrogen) atoms. The van der Waals surface area contributed by atoms with E-state index in [9.17, 15) is 4.79 Å². The average Bonchev–Trinajstić information content (AvgIpc) is 3.48. The first-order chi connectivity index (χ1) is 17.1. The first kappa shape index (κ1) is 22.6. The summed E-state index contributed by atoms with van der Waals surface area (Å²) in [4.78, 5) is 28.2. The van der Waals surface area contributed by atoms with E-state index in [0.29, 0.717) is 48.9 Å². The molecule has 0 unspecified atom stereocenters. The van der Waals surface area contributed by atoms with Gasteiger partial charge in [-0.15, -0.1) is 0 Å². The third-order valence-electron chi connectivity index (χ3n) is 6.26. The maximum atomic E-state index is 12.0. The second kappa shape index (κ2) is 10.0. The van der Waals surface area contributed by atoms with E-state index in [-0.39, 0.29) is 5.91 Å². The van der Waals surface area contributed by atoms with Crippen LogP contribution in [-0.2, 0) is 17.8 Å². The Morgan fingerprint density at radius 3 is 2.71 bits per heavy atom. The number of carbonyl (C=O) groups excluding carboxylic acids is 1. The number of hydrogen-bond donors (Lipinski definition) is 2. The fraction of sp³-hybridized carbons (Fsp3) is 0.308. The van der Waals surface area contributed by atoms with Crippen molar-refractivity contribution in [2.75, 3.05) is 37.8 Å². The van der Waals surface area contributed by atoms with Crippen molar-refractivity contribution in [3.8, 4) is 17.1 Å². The van der Waals surface area contributed by atoms with Crippen LogP contribution in [-0.4, -0.2) is 57.1 Å². The van der Waals surface area contributed by atoms with Crippen molar-refractivity contribution < 1.29 is 9.53 Å². The predicted octanol–water partition coefficient (Wildman–Crippen LogP) is 3.36. The van der Waals surface area contributed by atoms with Crippen molar-refractivity contribution in [3.63, 3.8) is 0 Å². The Morgan fingerprint density at radius 1 is 1.11 bits per heavy atom. The number of ether oxygens (including phenoxy) is 1. The highest BCUT2D eigenvalue weighted by molar-refractivity contribution is 5.85. The molecule has 0 aliphatic carbocycles. The van der Waals surface area contributed by atoms with Gasteiger partial charge in [-0.25, -0.2) is 15.0 Å². The number of amides is 1. The fourth-order valence-corrected chi connectivity index (χ4v) is 4.32. The highest BCUT2D eigenvalue weighted by Crippen LogP contribution is 2.25. The van der Waals surface area contributed by atoms with Gasteiger partial charge in [0, 0.05) is 43.9 Å². The molecule has 0 radical (unpaired) electrons. The number of nitrogens with two attached hydrogens (primary N) is 1. The maximum Gasteiger partial charge on any atom is 0.222 e. The molecule has 180 valence electrons. The van der Waals surface area contributed by atoms with Crippen LogP contribution < -0.4 is 15.8 Å². The number of fused-ring (bicyclic) bond motifs is 1. The summed E-state index contributed by atoms with van der Waals surface area (Å²) in [6.07, 6.45) is 4.15. The number of likely N-dealkylation sites (tertiary alicyclic amines) is 1. The smallest absolute Gasteiger partial charge is 0.222 e. The van der Waals surface area contributed by atoms with Crippen molar-refractivity contribution in [1.82, 2.24) is 24.4 Å². The van der Waals surface area contributed by atoms with Gasteiger partial charge in [-0.3, -0.25) is 4.79 Å². The fourth-order valence-electron chi connectivity index (χ4n) is 4.32. The van der Waals surface area contributed by atoms with E-state index < -0.39 is 0 Å². The third kappa shape index (κ3) is 5.03. The lowest BCUT2D eigenvalue weighted by molar-refractivity contribution is -0.127. The Kier molecular flexibility index (Phi) is 6.47. The lowest BCUT2D eigenvalue weighted by Gasteiger charge is -2.16. The van der Waals surface area contributed by atoms with E-state index in [2.05, 4.69) is 22.4 Å². The van der Waals surface area contributed by atoms with Gasteiger partial charge in [0.2, 0.25) is 5.91 Å². The van der Waals surface area contributed by atoms with E-state index in [1.807, 2.05) is 45.9 Å². The molecule has 3 heterocycles. The summed E-state index contributed by atoms with van der Waals surface area (Å²) in [5, 5.41) is 3.45. The topological polar surface area (TPSA) is 111 Å². The summed E-state index contributed by atoms with van der Waals surface area (Å²) in [7, 11) is 1.66. The number of carbonyl (C=O) groups is 1. The molecule has 1 fully saturated rings. The number of nitrogens with zero attached hydrogens (tertiary/aromatic N) is 5. The normalized spacial score (nSPS) is 13.5. The number of hydrogen-bond acceptors (Lipinski definition) is 7. The molecule has 1 saturated heterocycles. The minimum absolute atomic E-state index is 0.213. The molecule has 2 aromatic heterocycles. The third-order valence-corrected chi connectivity index (χ3v) is 6.26. The van der Waals surface area contributed by atoms with E-state index >= 15 is 0 Å². The second-order valence-electron chi connectivity index (χ2n) is 8.64. The maximum absolute atomic E-state index is 12.0. The Morgan fingerprint density at radius 2 is 1.97 bits per heavy atom. The monoisotopic (exact) mass is 471 g/mol. The molecule has 4 aromatic rings. The molecule has 3 N–H and O–H groups in total. The summed E-state index contributed by atoms with van der Waals surface area (Å²) in [5.74, 6) is 2.31. The number of rotatable bonds is 9. The van der Waals surface area contributed by atoms with Crippen LogP contribution in [0, 0.1) is 0 Å². The van der Waals surface area contributed by atoms with Crippen LogP contribution >= 0.6 is 0 Å². The van der Waals surface area contributed by atoms with E-state index in [1.54, 1.807) is 13.4 Å². The van der Waals surface area contributed by atoms with E-state index in [0.717, 1.165) is 36.3 Å². The van der Waals surface area contributed by atoms with Crippen molar-refractivity contribution in [2.45, 2.75) is 25.8 Å². The second-order valence-corrected chi connectivity index (χ2v) is 8.64. The summed E-state index contributed by atoms with van der Waals surface area (Å²) in [5.41, 5.74) is 10.1. The van der Waals surface area contributed by atoms with Crippen LogP contribution in [0.5, 0.6) is 5.75 Å². The van der Waals surface area contributed by atoms with Crippen LogP contribution in [0.15, 0.2) is 54.9 Å². The number of imidazole rings is 1. The highest BCUT2D eigenvalue weighted by Gasteiger charge is 2.21. The van der Waals surface area contributed by atoms with Gasteiger partial charge >= 0.3 is 0 Å². The number of benzene rings is 2. The van der Waals surface area contributed by atoms with Crippen LogP contribution in [0.1, 0.15) is 18.4 Å². The zero-order chi connectivity index (χ0) is 24.2. The molecule has 0 spiro atoms. The summed E-state index contributed by atoms with van der Waals surface area (Å²) < 4.78 is 7.23. The van der Waals surface area contributed by atoms with Crippen molar-refractivity contribution in [2.24, 2.45) is 0 Å². The molecular formula is C26H29N7O2. The number of anilines is 2. The predicted molar refractivity (Wildman–Crippen MR) is 136 cm³/mol. The summed E-state index contributed by atoms with van der Waals surface area (Å²) in [6.45, 7) is 2.76. The van der Waals surface area contributed by atoms with E-state index in [4.69, 9.17) is 20.4 Å². The Hall–Kier alpha value is -4.14. The molecule has 1 amide bonds. The van der Waals surface area contributed by atoms with Crippen molar-refractivity contribution >= 4 is 28.6 Å². The molecule has 1 aliphatic heterocycles. The highest BCUT2D eigenvalue weighted by atomic mass is 16.5. The SMILES string of the molecule is COc1ccc(CCNc2nc(-c3cccc(N)c3)nc3c2ncn3CCN2CCCC2=O)cc1. The summed E-state index contributed by atoms with van der Waals surface area (Å²) in [6, 6.07) is 15.6. The Bertz CT molecular complexity index is 1330. The van der Waals surface area contributed by atoms with Gasteiger partial charge in [0.05, 0.1) is 13.4 Å². The van der Waals surface area contributed by atoms with Gasteiger partial charge in [-0.1, -0.05) is 24.3 Å². The number of methoxy groups -OCH3 is 1. The Labute approximate surface area is 204 Å². The quantitative estimate of drug-likeness (QED) is 0.360. The van der Waals surface area contributed by atoms with Crippen LogP contribution in [0.2, 0.25) is 0 Å². The standard InChI is InChI=1S/C26H29N7O2/c1-35-21-9-7-18(8-10-21)11-12-28-25-23-26(31-24(30-25)19-4-2-5-20(27)16-19)33(17-29-23)15-14-32-13-3-6-22(32)34/h2,4-5,7-10,16-17H,3,6,11-15,27H2,1H3,(H,28,30,31). The lowest BCUT2D eigenvalue weighted by Crippen LogP contribution is -2.28. The van der Waals surface area contributed by atoms with Crippen LogP contribution in [0.4, 0.5) is 11.5 Å². The lowest BCUT2D eigenvalue weighted by atomic mass is 10.1. The molecule has 0 saturated carbocycles. The zero-order valence-corrected chi connectivity index (χ0v) is 19.8. The number of nitrogen functional groups attached to an aromatic ring is 1. The van der Waals surface area contributed by atoms with E-state index in [1.165, 1.54) is 5.56 Å². The first-order valence-electron chi connectivity index (χ1n) is 11.8. The van der Waals surface area contributed by atoms with Gasteiger partial charge in [0.15, 0.2) is 17.3 Å². The molecule has 5 rings (SSSR count). The number of nitrogens with one attached hydrogen (secondary N) is 1. The van der Waals surface area contributed by atoms with Gasteiger partial charge < -0.3 is 25.3 Å². The minimum atomic E-state index is 0.213. The molecule has 0 bridgehead atoms. The molecule has 0 atom stereocenters. The molecule has 9 heteroatoms. The first-order valence-corrected chi connectivity index (χ1v) is 11.8. The largest absolute Gasteiger partial charge is 0.497 e. The zero-order valence-electron chi connectivity index (χ0n) is 19.8. The minimum Gasteiger partial charge on any atom is -0.497 e. The van der Waals surface area contributed by atoms with Gasteiger partial charge in [-0.05, 0) is 42.7 Å². The van der Waals surface area contributed by atoms with Gasteiger partial charge in [0.1, 0.15) is 11.3 Å². The summed E-state index contributed by atoms with van der Waals surface area (Å²) >= 11 is 0. The Balaban J connectivity index is 1.41. The van der Waals surface area contributed by atoms with Crippen LogP contribution in [0.3, 0.4) is 0 Å². The van der Waals surface area contributed by atoms with Gasteiger partial charge in [0.25, 0.3) is 0 Å². The molecule has 1 aliphatic rings. The molecule has 2 aromatic carbocycles. The number of aromatic nitrogens is 4. The van der Waals surface area contributed by atoms with Crippen molar-refractivity contribution in [3.05, 3.63) is 60.4 Å². The molecular weight excluding hydrogens is 442 g/mol. The van der Waals surface area contributed by atoms with Gasteiger partial charge in [-0.2, -0.15) is 0 Å². The molecule has 9 nitrogen and oxygen atoms in total. The average molecular weight is 472 g/mol. The van der Waals surface area contributed by atoms with Crippen LogP contribution in [0.25, 0.3) is 22.6 Å².